The van der Waals surface area contributed by atoms with Gasteiger partial charge >= 0.3 is 0 Å². The number of carbonyl (C=O) groups excluding carboxylic acids is 1. The fourth-order valence-corrected chi connectivity index (χ4v) is 3.18. The lowest BCUT2D eigenvalue weighted by Crippen LogP contribution is -2.16. The Hall–Kier alpha value is -3.08. The number of aromatic nitrogens is 1. The van der Waals surface area contributed by atoms with Crippen molar-refractivity contribution in [3.05, 3.63) is 69.5 Å². The van der Waals surface area contributed by atoms with Crippen LogP contribution in [-0.2, 0) is 17.6 Å². The van der Waals surface area contributed by atoms with Crippen LogP contribution in [0.3, 0.4) is 0 Å². The molecule has 134 valence electrons. The predicted molar refractivity (Wildman–Crippen MR) is 104 cm³/mol. The molecule has 0 saturated carbocycles. The van der Waals surface area contributed by atoms with Gasteiger partial charge in [-0.1, -0.05) is 25.1 Å². The van der Waals surface area contributed by atoms with E-state index in [1.807, 2.05) is 50.2 Å². The molecule has 26 heavy (non-hydrogen) atoms. The van der Waals surface area contributed by atoms with Gasteiger partial charge in [0.1, 0.15) is 5.75 Å². The predicted octanol–water partition coefficient (Wildman–Crippen LogP) is 3.59. The highest BCUT2D eigenvalue weighted by atomic mass is 16.5. The second-order valence-corrected chi connectivity index (χ2v) is 6.25. The lowest BCUT2D eigenvalue weighted by atomic mass is 10.0. The van der Waals surface area contributed by atoms with Gasteiger partial charge in [-0.3, -0.25) is 9.59 Å². The molecular formula is C21H22N2O3. The van der Waals surface area contributed by atoms with E-state index in [2.05, 4.69) is 10.3 Å². The smallest absolute Gasteiger partial charge is 0.251 e. The number of anilines is 1. The molecule has 0 aliphatic carbocycles. The Morgan fingerprint density at radius 3 is 2.73 bits per heavy atom. The van der Waals surface area contributed by atoms with E-state index >= 15 is 0 Å². The van der Waals surface area contributed by atoms with E-state index in [4.69, 9.17) is 4.74 Å². The molecule has 3 aromatic rings. The maximum atomic E-state index is 12.3. The molecule has 5 heteroatoms. The maximum absolute atomic E-state index is 12.3. The normalized spacial score (nSPS) is 10.7. The first-order valence-electron chi connectivity index (χ1n) is 8.60. The third-order valence-corrected chi connectivity index (χ3v) is 4.53. The molecule has 2 N–H and O–H groups in total. The molecule has 0 bridgehead atoms. The number of carbonyl (C=O) groups is 1. The van der Waals surface area contributed by atoms with E-state index in [1.165, 1.54) is 0 Å². The monoisotopic (exact) mass is 350 g/mol. The van der Waals surface area contributed by atoms with Gasteiger partial charge in [-0.25, -0.2) is 0 Å². The van der Waals surface area contributed by atoms with Crippen molar-refractivity contribution in [2.75, 3.05) is 12.4 Å². The molecule has 0 aliphatic rings. The highest BCUT2D eigenvalue weighted by molar-refractivity contribution is 5.95. The minimum Gasteiger partial charge on any atom is -0.497 e. The molecule has 1 heterocycles. The number of nitrogens with one attached hydrogen (secondary N) is 2. The minimum absolute atomic E-state index is 0.0719. The number of aromatic amines is 1. The Bertz CT molecular complexity index is 1020. The maximum Gasteiger partial charge on any atom is 0.251 e. The van der Waals surface area contributed by atoms with Crippen LogP contribution < -0.4 is 15.6 Å². The summed E-state index contributed by atoms with van der Waals surface area (Å²) in [6, 6.07) is 13.0. The second kappa shape index (κ2) is 7.44. The topological polar surface area (TPSA) is 71.2 Å². The summed E-state index contributed by atoms with van der Waals surface area (Å²) >= 11 is 0. The Morgan fingerprint density at radius 1 is 1.19 bits per heavy atom. The summed E-state index contributed by atoms with van der Waals surface area (Å²) in [4.78, 5) is 27.4. The summed E-state index contributed by atoms with van der Waals surface area (Å²) in [5.41, 5.74) is 3.97. The Kier molecular flexibility index (Phi) is 5.07. The fraction of sp³-hybridized carbons (Fsp3) is 0.238. The number of hydrogen-bond acceptors (Lipinski definition) is 3. The molecule has 1 amide bonds. The highest BCUT2D eigenvalue weighted by Gasteiger charge is 2.10. The number of pyridine rings is 1. The van der Waals surface area contributed by atoms with Crippen LogP contribution in [0.2, 0.25) is 0 Å². The first-order valence-corrected chi connectivity index (χ1v) is 8.60. The van der Waals surface area contributed by atoms with E-state index in [0.29, 0.717) is 12.1 Å². The van der Waals surface area contributed by atoms with Crippen molar-refractivity contribution < 1.29 is 9.53 Å². The zero-order valence-corrected chi connectivity index (χ0v) is 15.2. The van der Waals surface area contributed by atoms with Crippen LogP contribution in [0.4, 0.5) is 5.69 Å². The third kappa shape index (κ3) is 3.61. The second-order valence-electron chi connectivity index (χ2n) is 6.25. The van der Waals surface area contributed by atoms with Gasteiger partial charge in [0.2, 0.25) is 5.91 Å². The number of ether oxygens (including phenoxy) is 1. The summed E-state index contributed by atoms with van der Waals surface area (Å²) in [6.45, 7) is 3.92. The molecule has 1 aromatic heterocycles. The molecule has 0 spiro atoms. The standard InChI is InChI=1S/C21H22N2O3/c1-4-17-13(2)18-9-8-15(12-19(18)23-21(17)25)22-20(24)11-14-6-5-7-16(10-14)26-3/h5-10,12H,4,11H2,1-3H3,(H,22,24)(H,23,25). The van der Waals surface area contributed by atoms with E-state index in [-0.39, 0.29) is 17.9 Å². The van der Waals surface area contributed by atoms with Gasteiger partial charge in [0, 0.05) is 16.6 Å². The summed E-state index contributed by atoms with van der Waals surface area (Å²) in [6.07, 6.45) is 0.940. The van der Waals surface area contributed by atoms with Crippen molar-refractivity contribution >= 4 is 22.5 Å². The van der Waals surface area contributed by atoms with Crippen molar-refractivity contribution in [3.63, 3.8) is 0 Å². The van der Waals surface area contributed by atoms with Gasteiger partial charge in [-0.15, -0.1) is 0 Å². The summed E-state index contributed by atoms with van der Waals surface area (Å²) in [5.74, 6) is 0.600. The van der Waals surface area contributed by atoms with Gasteiger partial charge in [0.25, 0.3) is 5.56 Å². The van der Waals surface area contributed by atoms with Crippen molar-refractivity contribution in [3.8, 4) is 5.75 Å². The van der Waals surface area contributed by atoms with Crippen molar-refractivity contribution in [1.82, 2.24) is 4.98 Å². The number of fused-ring (bicyclic) bond motifs is 1. The first-order chi connectivity index (χ1) is 12.5. The number of amides is 1. The zero-order chi connectivity index (χ0) is 18.7. The molecular weight excluding hydrogens is 328 g/mol. The lowest BCUT2D eigenvalue weighted by molar-refractivity contribution is -0.115. The van der Waals surface area contributed by atoms with Crippen LogP contribution in [0, 0.1) is 6.92 Å². The highest BCUT2D eigenvalue weighted by Crippen LogP contribution is 2.22. The van der Waals surface area contributed by atoms with Crippen molar-refractivity contribution in [2.45, 2.75) is 26.7 Å². The largest absolute Gasteiger partial charge is 0.497 e. The number of aryl methyl sites for hydroxylation is 1. The molecule has 2 aromatic carbocycles. The molecule has 0 saturated heterocycles. The van der Waals surface area contributed by atoms with E-state index in [0.717, 1.165) is 33.3 Å². The Labute approximate surface area is 152 Å². The molecule has 0 atom stereocenters. The average molecular weight is 350 g/mol. The molecule has 3 rings (SSSR count). The molecule has 0 aliphatic heterocycles. The van der Waals surface area contributed by atoms with Crippen molar-refractivity contribution in [1.29, 1.82) is 0 Å². The average Bonchev–Trinajstić information content (AvgIpc) is 2.62. The first kappa shape index (κ1) is 17.7. The van der Waals surface area contributed by atoms with Gasteiger partial charge in [0.05, 0.1) is 19.0 Å². The van der Waals surface area contributed by atoms with E-state index in [9.17, 15) is 9.59 Å². The van der Waals surface area contributed by atoms with Crippen LogP contribution in [0.25, 0.3) is 10.9 Å². The third-order valence-electron chi connectivity index (χ3n) is 4.53. The van der Waals surface area contributed by atoms with Crippen molar-refractivity contribution in [2.24, 2.45) is 0 Å². The lowest BCUT2D eigenvalue weighted by Gasteiger charge is -2.10. The van der Waals surface area contributed by atoms with Gasteiger partial charge in [0.15, 0.2) is 0 Å². The van der Waals surface area contributed by atoms with Gasteiger partial charge < -0.3 is 15.0 Å². The molecule has 5 nitrogen and oxygen atoms in total. The molecule has 0 radical (unpaired) electrons. The quantitative estimate of drug-likeness (QED) is 0.739. The summed E-state index contributed by atoms with van der Waals surface area (Å²) in [5, 5.41) is 3.88. The SMILES string of the molecule is CCc1c(C)c2ccc(NC(=O)Cc3cccc(OC)c3)cc2[nH]c1=O. The van der Waals surface area contributed by atoms with Crippen LogP contribution >= 0.6 is 0 Å². The number of H-pyrrole nitrogens is 1. The minimum atomic E-state index is -0.123. The zero-order valence-electron chi connectivity index (χ0n) is 15.2. The Morgan fingerprint density at radius 2 is 2.00 bits per heavy atom. The fourth-order valence-electron chi connectivity index (χ4n) is 3.18. The summed E-state index contributed by atoms with van der Waals surface area (Å²) < 4.78 is 5.18. The van der Waals surface area contributed by atoms with Crippen LogP contribution in [0.1, 0.15) is 23.6 Å². The van der Waals surface area contributed by atoms with Gasteiger partial charge in [-0.05, 0) is 48.7 Å². The van der Waals surface area contributed by atoms with E-state index < -0.39 is 0 Å². The Balaban J connectivity index is 1.82. The number of methoxy groups -OCH3 is 1. The van der Waals surface area contributed by atoms with Crippen LogP contribution in [0.5, 0.6) is 5.75 Å². The van der Waals surface area contributed by atoms with Crippen LogP contribution in [0.15, 0.2) is 47.3 Å². The van der Waals surface area contributed by atoms with E-state index in [1.54, 1.807) is 13.2 Å². The van der Waals surface area contributed by atoms with Crippen LogP contribution in [-0.4, -0.2) is 18.0 Å². The molecule has 0 unspecified atom stereocenters. The summed E-state index contributed by atoms with van der Waals surface area (Å²) in [7, 11) is 1.60. The molecule has 0 fully saturated rings. The number of benzene rings is 2. The number of rotatable bonds is 5. The van der Waals surface area contributed by atoms with Gasteiger partial charge in [-0.2, -0.15) is 0 Å². The number of hydrogen-bond donors (Lipinski definition) is 2.